The maximum absolute atomic E-state index is 11.0. The first kappa shape index (κ1) is 16.5. The average Bonchev–Trinajstić information content (AvgIpc) is 2.42. The Bertz CT molecular complexity index is 726. The molecule has 0 aliphatic carbocycles. The van der Waals surface area contributed by atoms with E-state index >= 15 is 0 Å². The molecular weight excluding hydrogens is 445 g/mol. The van der Waals surface area contributed by atoms with E-state index < -0.39 is 4.92 Å². The molecule has 0 atom stereocenters. The normalized spacial score (nSPS) is 10.3. The molecule has 108 valence electrons. The fraction of sp³-hybridized carbons (Fsp3) is 0. The summed E-state index contributed by atoms with van der Waals surface area (Å²) in [5, 5.41) is 11.0. The largest absolute Gasteiger partial charge is 0.284 e. The number of benzene rings is 2. The van der Waals surface area contributed by atoms with Gasteiger partial charge in [0.25, 0.3) is 5.69 Å². The van der Waals surface area contributed by atoms with Crippen LogP contribution in [-0.4, -0.2) is 4.92 Å². The van der Waals surface area contributed by atoms with Crippen LogP contribution in [0.3, 0.4) is 0 Å². The van der Waals surface area contributed by atoms with Gasteiger partial charge in [0.1, 0.15) is 4.49 Å². The van der Waals surface area contributed by atoms with Crippen molar-refractivity contribution in [2.24, 2.45) is 0 Å². The van der Waals surface area contributed by atoms with E-state index in [9.17, 15) is 10.1 Å². The molecule has 0 aromatic heterocycles. The van der Waals surface area contributed by atoms with Crippen molar-refractivity contribution in [1.29, 1.82) is 0 Å². The van der Waals surface area contributed by atoms with Crippen LogP contribution in [0.1, 0.15) is 11.1 Å². The van der Waals surface area contributed by atoms with Crippen LogP contribution in [0.25, 0.3) is 5.57 Å². The van der Waals surface area contributed by atoms with Gasteiger partial charge in [-0.25, -0.2) is 0 Å². The number of nitro benzene ring substituents is 1. The quantitative estimate of drug-likeness (QED) is 0.405. The van der Waals surface area contributed by atoms with Crippen molar-refractivity contribution in [3.8, 4) is 0 Å². The monoisotopic (exact) mass is 449 g/mol. The van der Waals surface area contributed by atoms with Crippen LogP contribution in [-0.2, 0) is 0 Å². The van der Waals surface area contributed by atoms with E-state index in [0.717, 1.165) is 10.0 Å². The molecule has 21 heavy (non-hydrogen) atoms. The maximum Gasteiger partial charge on any atom is 0.284 e. The SMILES string of the molecule is O=[N+]([O-])c1cc(C(=C(Cl)Cl)c2ccc(Br)cc2)ccc1Br. The van der Waals surface area contributed by atoms with Gasteiger partial charge in [0.15, 0.2) is 0 Å². The molecule has 0 unspecified atom stereocenters. The van der Waals surface area contributed by atoms with Gasteiger partial charge in [-0.15, -0.1) is 0 Å². The van der Waals surface area contributed by atoms with Crippen molar-refractivity contribution in [1.82, 2.24) is 0 Å². The Hall–Kier alpha value is -0.880. The highest BCUT2D eigenvalue weighted by atomic mass is 79.9. The Kier molecular flexibility index (Phi) is 5.43. The van der Waals surface area contributed by atoms with E-state index in [4.69, 9.17) is 23.2 Å². The van der Waals surface area contributed by atoms with Crippen LogP contribution in [0, 0.1) is 10.1 Å². The molecule has 0 bridgehead atoms. The number of hydrogen-bond acceptors (Lipinski definition) is 2. The molecule has 0 spiro atoms. The third kappa shape index (κ3) is 3.86. The average molecular weight is 452 g/mol. The summed E-state index contributed by atoms with van der Waals surface area (Å²) >= 11 is 18.5. The van der Waals surface area contributed by atoms with E-state index in [1.807, 2.05) is 24.3 Å². The van der Waals surface area contributed by atoms with E-state index in [2.05, 4.69) is 31.9 Å². The van der Waals surface area contributed by atoms with Gasteiger partial charge in [-0.05, 0) is 45.3 Å². The van der Waals surface area contributed by atoms with E-state index in [1.165, 1.54) is 6.07 Å². The first-order valence-corrected chi connectivity index (χ1v) is 8.00. The predicted molar refractivity (Wildman–Crippen MR) is 92.7 cm³/mol. The fourth-order valence-electron chi connectivity index (χ4n) is 1.81. The van der Waals surface area contributed by atoms with Gasteiger partial charge in [-0.3, -0.25) is 10.1 Å². The summed E-state index contributed by atoms with van der Waals surface area (Å²) in [5.74, 6) is 0. The predicted octanol–water partition coefficient (Wildman–Crippen LogP) is 6.31. The molecule has 2 aromatic carbocycles. The van der Waals surface area contributed by atoms with Gasteiger partial charge >= 0.3 is 0 Å². The minimum Gasteiger partial charge on any atom is -0.258 e. The van der Waals surface area contributed by atoms with Crippen molar-refractivity contribution >= 4 is 66.3 Å². The molecule has 0 radical (unpaired) electrons. The minimum absolute atomic E-state index is 0.0447. The third-order valence-corrected chi connectivity index (χ3v) is 4.33. The lowest BCUT2D eigenvalue weighted by Gasteiger charge is -2.09. The summed E-state index contributed by atoms with van der Waals surface area (Å²) in [6.07, 6.45) is 0. The molecule has 0 amide bonds. The van der Waals surface area contributed by atoms with Crippen LogP contribution >= 0.6 is 55.1 Å². The zero-order chi connectivity index (χ0) is 15.6. The standard InChI is InChI=1S/C14H7Br2Cl2NO2/c15-10-4-1-8(2-5-10)13(14(17)18)9-3-6-11(16)12(7-9)19(20)21/h1-7H. The number of nitrogens with zero attached hydrogens (tertiary/aromatic N) is 1. The van der Waals surface area contributed by atoms with Crippen molar-refractivity contribution in [2.75, 3.05) is 0 Å². The highest BCUT2D eigenvalue weighted by Crippen LogP contribution is 2.35. The molecule has 0 aliphatic rings. The fourth-order valence-corrected chi connectivity index (χ4v) is 2.90. The van der Waals surface area contributed by atoms with Gasteiger partial charge < -0.3 is 0 Å². The van der Waals surface area contributed by atoms with Crippen LogP contribution < -0.4 is 0 Å². The second kappa shape index (κ2) is 6.92. The number of rotatable bonds is 3. The van der Waals surface area contributed by atoms with E-state index in [1.54, 1.807) is 12.1 Å². The Labute approximate surface area is 148 Å². The van der Waals surface area contributed by atoms with Gasteiger partial charge in [-0.1, -0.05) is 57.3 Å². The number of halogens is 4. The van der Waals surface area contributed by atoms with Crippen molar-refractivity contribution in [3.63, 3.8) is 0 Å². The van der Waals surface area contributed by atoms with Crippen LogP contribution in [0.5, 0.6) is 0 Å². The molecule has 2 aromatic rings. The van der Waals surface area contributed by atoms with Crippen molar-refractivity contribution < 1.29 is 4.92 Å². The molecule has 0 saturated carbocycles. The Morgan fingerprint density at radius 1 is 1.00 bits per heavy atom. The Morgan fingerprint density at radius 2 is 1.57 bits per heavy atom. The van der Waals surface area contributed by atoms with Gasteiger partial charge in [0.05, 0.1) is 9.40 Å². The third-order valence-electron chi connectivity index (χ3n) is 2.75. The molecule has 0 N–H and O–H groups in total. The van der Waals surface area contributed by atoms with Gasteiger partial charge in [0, 0.05) is 16.1 Å². The topological polar surface area (TPSA) is 43.1 Å². The minimum atomic E-state index is -0.463. The summed E-state index contributed by atoms with van der Waals surface area (Å²) in [4.78, 5) is 10.6. The van der Waals surface area contributed by atoms with E-state index in [-0.39, 0.29) is 10.2 Å². The molecule has 7 heteroatoms. The highest BCUT2D eigenvalue weighted by molar-refractivity contribution is 9.10. The summed E-state index contributed by atoms with van der Waals surface area (Å²) in [5.41, 5.74) is 1.85. The van der Waals surface area contributed by atoms with Crippen molar-refractivity contribution in [2.45, 2.75) is 0 Å². The Morgan fingerprint density at radius 3 is 2.10 bits per heavy atom. The molecule has 0 saturated heterocycles. The summed E-state index contributed by atoms with van der Waals surface area (Å²) in [7, 11) is 0. The lowest BCUT2D eigenvalue weighted by molar-refractivity contribution is -0.385. The Balaban J connectivity index is 2.60. The molecule has 0 fully saturated rings. The number of hydrogen-bond donors (Lipinski definition) is 0. The van der Waals surface area contributed by atoms with Crippen LogP contribution in [0.15, 0.2) is 55.9 Å². The van der Waals surface area contributed by atoms with Gasteiger partial charge in [0.2, 0.25) is 0 Å². The van der Waals surface area contributed by atoms with Crippen LogP contribution in [0.2, 0.25) is 0 Å². The lowest BCUT2D eigenvalue weighted by atomic mass is 9.99. The first-order chi connectivity index (χ1) is 9.90. The zero-order valence-corrected chi connectivity index (χ0v) is 15.0. The second-order valence-electron chi connectivity index (χ2n) is 4.07. The first-order valence-electron chi connectivity index (χ1n) is 5.65. The highest BCUT2D eigenvalue weighted by Gasteiger charge is 2.17. The smallest absolute Gasteiger partial charge is 0.258 e. The zero-order valence-electron chi connectivity index (χ0n) is 10.3. The molecule has 2 rings (SSSR count). The summed E-state index contributed by atoms with van der Waals surface area (Å²) in [6.45, 7) is 0. The molecule has 0 aliphatic heterocycles. The molecule has 3 nitrogen and oxygen atoms in total. The van der Waals surface area contributed by atoms with Gasteiger partial charge in [-0.2, -0.15) is 0 Å². The molecule has 0 heterocycles. The lowest BCUT2D eigenvalue weighted by Crippen LogP contribution is -1.94. The van der Waals surface area contributed by atoms with Crippen molar-refractivity contribution in [3.05, 3.63) is 77.1 Å². The van der Waals surface area contributed by atoms with E-state index in [0.29, 0.717) is 15.6 Å². The van der Waals surface area contributed by atoms with Crippen LogP contribution in [0.4, 0.5) is 5.69 Å². The number of nitro groups is 1. The molecular formula is C14H7Br2Cl2NO2. The second-order valence-corrected chi connectivity index (χ2v) is 6.79. The summed E-state index contributed by atoms with van der Waals surface area (Å²) in [6, 6.07) is 12.1. The summed E-state index contributed by atoms with van der Waals surface area (Å²) < 4.78 is 1.36. The maximum atomic E-state index is 11.0.